The van der Waals surface area contributed by atoms with E-state index in [0.29, 0.717) is 11.6 Å². The SMILES string of the molecule is C[C@@H](NC(=O)[C@H]1CCCN(c2nccn3nc(-c4ccccc4Cl)cc23)C1)c1ccc(F)cc1. The summed E-state index contributed by atoms with van der Waals surface area (Å²) in [7, 11) is 0. The molecule has 8 heteroatoms. The number of carbonyl (C=O) groups excluding carboxylic acids is 1. The van der Waals surface area contributed by atoms with Gasteiger partial charge in [0.15, 0.2) is 5.82 Å². The fourth-order valence-corrected chi connectivity index (χ4v) is 4.73. The maximum absolute atomic E-state index is 13.2. The van der Waals surface area contributed by atoms with Crippen LogP contribution in [-0.2, 0) is 4.79 Å². The summed E-state index contributed by atoms with van der Waals surface area (Å²) in [4.78, 5) is 19.8. The van der Waals surface area contributed by atoms with Crippen LogP contribution in [0.1, 0.15) is 31.4 Å². The normalized spacial score (nSPS) is 17.0. The van der Waals surface area contributed by atoms with Gasteiger partial charge in [-0.2, -0.15) is 5.10 Å². The molecule has 0 unspecified atom stereocenters. The number of halogens is 2. The zero-order chi connectivity index (χ0) is 23.7. The maximum atomic E-state index is 13.2. The summed E-state index contributed by atoms with van der Waals surface area (Å²) in [6.45, 7) is 3.30. The van der Waals surface area contributed by atoms with E-state index in [2.05, 4.69) is 15.2 Å². The number of fused-ring (bicyclic) bond motifs is 1. The molecule has 5 rings (SSSR count). The molecule has 1 N–H and O–H groups in total. The van der Waals surface area contributed by atoms with E-state index in [1.54, 1.807) is 22.8 Å². The van der Waals surface area contributed by atoms with Crippen molar-refractivity contribution in [2.24, 2.45) is 5.92 Å². The van der Waals surface area contributed by atoms with Crippen LogP contribution in [0.2, 0.25) is 5.02 Å². The maximum Gasteiger partial charge on any atom is 0.225 e. The predicted molar refractivity (Wildman–Crippen MR) is 131 cm³/mol. The van der Waals surface area contributed by atoms with Gasteiger partial charge in [0.25, 0.3) is 0 Å². The zero-order valence-corrected chi connectivity index (χ0v) is 19.5. The van der Waals surface area contributed by atoms with E-state index in [1.165, 1.54) is 12.1 Å². The van der Waals surface area contributed by atoms with Gasteiger partial charge in [-0.3, -0.25) is 4.79 Å². The second-order valence-corrected chi connectivity index (χ2v) is 9.06. The number of amides is 1. The first kappa shape index (κ1) is 22.3. The number of hydrogen-bond acceptors (Lipinski definition) is 4. The van der Waals surface area contributed by atoms with Crippen LogP contribution >= 0.6 is 11.6 Å². The highest BCUT2D eigenvalue weighted by molar-refractivity contribution is 6.33. The summed E-state index contributed by atoms with van der Waals surface area (Å²) in [5.74, 6) is 0.352. The predicted octanol–water partition coefficient (Wildman–Crippen LogP) is 5.28. The number of hydrogen-bond donors (Lipinski definition) is 1. The molecule has 174 valence electrons. The lowest BCUT2D eigenvalue weighted by atomic mass is 9.96. The Balaban J connectivity index is 1.35. The molecule has 2 aromatic carbocycles. The average Bonchev–Trinajstić information content (AvgIpc) is 3.29. The molecule has 34 heavy (non-hydrogen) atoms. The smallest absolute Gasteiger partial charge is 0.225 e. The first-order chi connectivity index (χ1) is 16.5. The van der Waals surface area contributed by atoms with Gasteiger partial charge in [0, 0.05) is 31.0 Å². The molecule has 0 aliphatic carbocycles. The van der Waals surface area contributed by atoms with Crippen molar-refractivity contribution in [1.29, 1.82) is 0 Å². The Labute approximate surface area is 202 Å². The van der Waals surface area contributed by atoms with Gasteiger partial charge in [0.2, 0.25) is 5.91 Å². The van der Waals surface area contributed by atoms with Gasteiger partial charge in [-0.1, -0.05) is 41.9 Å². The van der Waals surface area contributed by atoms with Crippen LogP contribution in [0.3, 0.4) is 0 Å². The highest BCUT2D eigenvalue weighted by atomic mass is 35.5. The topological polar surface area (TPSA) is 62.5 Å². The fourth-order valence-electron chi connectivity index (χ4n) is 4.50. The Bertz CT molecular complexity index is 1320. The Hall–Kier alpha value is -3.45. The van der Waals surface area contributed by atoms with Gasteiger partial charge < -0.3 is 10.2 Å². The number of piperidine rings is 1. The molecule has 1 aliphatic heterocycles. The molecular formula is C26H25ClFN5O. The van der Waals surface area contributed by atoms with Crippen molar-refractivity contribution in [2.45, 2.75) is 25.8 Å². The molecular weight excluding hydrogens is 453 g/mol. The minimum absolute atomic E-state index is 0.00117. The van der Waals surface area contributed by atoms with Crippen molar-refractivity contribution >= 4 is 28.8 Å². The Morgan fingerprint density at radius 3 is 2.79 bits per heavy atom. The molecule has 2 atom stereocenters. The lowest BCUT2D eigenvalue weighted by Crippen LogP contribution is -2.44. The van der Waals surface area contributed by atoms with Crippen molar-refractivity contribution in [1.82, 2.24) is 19.9 Å². The number of benzene rings is 2. The molecule has 0 spiro atoms. The molecule has 6 nitrogen and oxygen atoms in total. The van der Waals surface area contributed by atoms with Gasteiger partial charge >= 0.3 is 0 Å². The molecule has 0 saturated carbocycles. The van der Waals surface area contributed by atoms with E-state index >= 15 is 0 Å². The third-order valence-electron chi connectivity index (χ3n) is 6.34. The van der Waals surface area contributed by atoms with Crippen LogP contribution in [0.25, 0.3) is 16.8 Å². The van der Waals surface area contributed by atoms with E-state index in [1.807, 2.05) is 43.5 Å². The average molecular weight is 478 g/mol. The van der Waals surface area contributed by atoms with Crippen LogP contribution in [0.15, 0.2) is 67.0 Å². The van der Waals surface area contributed by atoms with E-state index < -0.39 is 0 Å². The van der Waals surface area contributed by atoms with Crippen LogP contribution in [0, 0.1) is 11.7 Å². The third-order valence-corrected chi connectivity index (χ3v) is 6.67. The van der Waals surface area contributed by atoms with Crippen molar-refractivity contribution in [2.75, 3.05) is 18.0 Å². The number of rotatable bonds is 5. The number of nitrogens with zero attached hydrogens (tertiary/aromatic N) is 4. The third kappa shape index (κ3) is 4.48. The number of carbonyl (C=O) groups is 1. The van der Waals surface area contributed by atoms with E-state index in [0.717, 1.165) is 47.5 Å². The van der Waals surface area contributed by atoms with Crippen molar-refractivity contribution < 1.29 is 9.18 Å². The Morgan fingerprint density at radius 2 is 2.00 bits per heavy atom. The van der Waals surface area contributed by atoms with E-state index in [-0.39, 0.29) is 23.7 Å². The van der Waals surface area contributed by atoms with Gasteiger partial charge in [-0.25, -0.2) is 13.9 Å². The summed E-state index contributed by atoms with van der Waals surface area (Å²) in [6, 6.07) is 15.6. The quantitative estimate of drug-likeness (QED) is 0.424. The fraction of sp³-hybridized carbons (Fsp3) is 0.269. The number of anilines is 1. The molecule has 3 heterocycles. The van der Waals surface area contributed by atoms with Crippen LogP contribution in [0.4, 0.5) is 10.2 Å². The van der Waals surface area contributed by atoms with Crippen LogP contribution < -0.4 is 10.2 Å². The summed E-state index contributed by atoms with van der Waals surface area (Å²) in [6.07, 6.45) is 5.24. The first-order valence-electron chi connectivity index (χ1n) is 11.4. The molecule has 2 aromatic heterocycles. The molecule has 0 radical (unpaired) electrons. The highest BCUT2D eigenvalue weighted by Gasteiger charge is 2.28. The minimum Gasteiger partial charge on any atom is -0.354 e. The molecule has 1 amide bonds. The van der Waals surface area contributed by atoms with Crippen LogP contribution in [-0.4, -0.2) is 33.6 Å². The summed E-state index contributed by atoms with van der Waals surface area (Å²) >= 11 is 6.38. The zero-order valence-electron chi connectivity index (χ0n) is 18.8. The molecule has 4 aromatic rings. The number of aromatic nitrogens is 3. The lowest BCUT2D eigenvalue weighted by molar-refractivity contribution is -0.125. The second-order valence-electron chi connectivity index (χ2n) is 8.66. The largest absolute Gasteiger partial charge is 0.354 e. The van der Waals surface area contributed by atoms with Gasteiger partial charge in [-0.15, -0.1) is 0 Å². The first-order valence-corrected chi connectivity index (χ1v) is 11.8. The molecule has 0 bridgehead atoms. The van der Waals surface area contributed by atoms with Crippen LogP contribution in [0.5, 0.6) is 0 Å². The van der Waals surface area contributed by atoms with E-state index in [9.17, 15) is 9.18 Å². The lowest BCUT2D eigenvalue weighted by Gasteiger charge is -2.33. The van der Waals surface area contributed by atoms with Crippen molar-refractivity contribution in [3.63, 3.8) is 0 Å². The standard InChI is InChI=1S/C26H25ClFN5O/c1-17(18-8-10-20(28)11-9-18)30-26(34)19-5-4-13-32(16-19)25-24-15-23(31-33(24)14-12-29-25)21-6-2-3-7-22(21)27/h2-3,6-12,14-15,17,19H,4-5,13,16H2,1H3,(H,30,34)/t17-,19+/m1/s1. The Kier molecular flexibility index (Phi) is 6.20. The van der Waals surface area contributed by atoms with Gasteiger partial charge in [0.05, 0.1) is 22.7 Å². The summed E-state index contributed by atoms with van der Waals surface area (Å²) < 4.78 is 15.0. The number of nitrogens with one attached hydrogen (secondary N) is 1. The highest BCUT2D eigenvalue weighted by Crippen LogP contribution is 2.31. The van der Waals surface area contributed by atoms with E-state index in [4.69, 9.17) is 16.7 Å². The molecule has 1 saturated heterocycles. The Morgan fingerprint density at radius 1 is 1.21 bits per heavy atom. The summed E-state index contributed by atoms with van der Waals surface area (Å²) in [5, 5.41) is 8.42. The second kappa shape index (κ2) is 9.43. The molecule has 1 aliphatic rings. The molecule has 1 fully saturated rings. The van der Waals surface area contributed by atoms with Crippen molar-refractivity contribution in [3.8, 4) is 11.3 Å². The monoisotopic (exact) mass is 477 g/mol. The minimum atomic E-state index is -0.288. The van der Waals surface area contributed by atoms with Gasteiger partial charge in [0.1, 0.15) is 11.3 Å². The van der Waals surface area contributed by atoms with Gasteiger partial charge in [-0.05, 0) is 49.6 Å². The summed E-state index contributed by atoms with van der Waals surface area (Å²) in [5.41, 5.74) is 3.39. The van der Waals surface area contributed by atoms with Crippen molar-refractivity contribution in [3.05, 3.63) is 83.4 Å².